The maximum Gasteiger partial charge on any atom is 0.228 e. The Kier molecular flexibility index (Phi) is 3.81. The van der Waals surface area contributed by atoms with E-state index in [1.807, 2.05) is 42.2 Å². The molecule has 2 saturated heterocycles. The minimum Gasteiger partial charge on any atom is -0.356 e. The van der Waals surface area contributed by atoms with Crippen molar-refractivity contribution in [2.24, 2.45) is 11.8 Å². The Labute approximate surface area is 157 Å². The van der Waals surface area contributed by atoms with Gasteiger partial charge in [0.05, 0.1) is 6.42 Å². The first-order valence-corrected chi connectivity index (χ1v) is 9.32. The van der Waals surface area contributed by atoms with Crippen LogP contribution in [0, 0.1) is 18.8 Å². The standard InChI is InChI=1S/C20H21N5O2/c1-13-6-19(22-12-21-13)24-8-14-10-25(11-15(14)9-24)20(26)7-17-16-4-2-3-5-18(16)27-23-17/h2-6,12,14-15H,7-11H2,1H3. The summed E-state index contributed by atoms with van der Waals surface area (Å²) in [6, 6.07) is 9.71. The molecule has 7 nitrogen and oxygen atoms in total. The molecule has 5 rings (SSSR count). The number of benzene rings is 1. The van der Waals surface area contributed by atoms with Crippen LogP contribution in [0.1, 0.15) is 11.4 Å². The summed E-state index contributed by atoms with van der Waals surface area (Å²) < 4.78 is 5.32. The van der Waals surface area contributed by atoms with E-state index in [1.54, 1.807) is 6.33 Å². The molecule has 1 amide bonds. The van der Waals surface area contributed by atoms with Gasteiger partial charge in [-0.15, -0.1) is 0 Å². The number of likely N-dealkylation sites (tertiary alicyclic amines) is 1. The smallest absolute Gasteiger partial charge is 0.228 e. The van der Waals surface area contributed by atoms with Gasteiger partial charge in [0, 0.05) is 55.2 Å². The molecule has 3 aromatic rings. The third kappa shape index (κ3) is 2.93. The predicted molar refractivity (Wildman–Crippen MR) is 100 cm³/mol. The van der Waals surface area contributed by atoms with Crippen LogP contribution in [0.15, 0.2) is 41.2 Å². The van der Waals surface area contributed by atoms with E-state index in [4.69, 9.17) is 4.52 Å². The van der Waals surface area contributed by atoms with E-state index in [9.17, 15) is 4.79 Å². The van der Waals surface area contributed by atoms with E-state index in [0.29, 0.717) is 18.3 Å². The molecule has 138 valence electrons. The average Bonchev–Trinajstić information content (AvgIpc) is 3.35. The molecule has 4 heterocycles. The number of fused-ring (bicyclic) bond motifs is 2. The van der Waals surface area contributed by atoms with Crippen LogP contribution in [0.4, 0.5) is 5.82 Å². The molecular weight excluding hydrogens is 342 g/mol. The molecule has 2 fully saturated rings. The Balaban J connectivity index is 1.24. The van der Waals surface area contributed by atoms with Gasteiger partial charge in [-0.25, -0.2) is 9.97 Å². The number of hydrogen-bond acceptors (Lipinski definition) is 6. The largest absolute Gasteiger partial charge is 0.356 e. The summed E-state index contributed by atoms with van der Waals surface area (Å²) in [6.07, 6.45) is 1.92. The zero-order valence-corrected chi connectivity index (χ0v) is 15.2. The molecule has 0 N–H and O–H groups in total. The molecule has 2 atom stereocenters. The van der Waals surface area contributed by atoms with E-state index in [-0.39, 0.29) is 5.91 Å². The lowest BCUT2D eigenvalue weighted by Crippen LogP contribution is -2.34. The van der Waals surface area contributed by atoms with Gasteiger partial charge in [-0.3, -0.25) is 4.79 Å². The maximum atomic E-state index is 12.8. The normalized spacial score (nSPS) is 21.8. The molecule has 2 unspecified atom stereocenters. The molecule has 0 spiro atoms. The zero-order chi connectivity index (χ0) is 18.4. The van der Waals surface area contributed by atoms with Crippen molar-refractivity contribution >= 4 is 22.7 Å². The molecule has 2 aliphatic heterocycles. The van der Waals surface area contributed by atoms with E-state index in [1.165, 1.54) is 0 Å². The number of hydrogen-bond donors (Lipinski definition) is 0. The van der Waals surface area contributed by atoms with Crippen molar-refractivity contribution in [2.75, 3.05) is 31.1 Å². The van der Waals surface area contributed by atoms with E-state index in [0.717, 1.165) is 54.4 Å². The van der Waals surface area contributed by atoms with Crippen molar-refractivity contribution < 1.29 is 9.32 Å². The summed E-state index contributed by atoms with van der Waals surface area (Å²) in [7, 11) is 0. The summed E-state index contributed by atoms with van der Waals surface area (Å²) in [6.45, 7) is 5.48. The number of aryl methyl sites for hydroxylation is 1. The fraction of sp³-hybridized carbons (Fsp3) is 0.400. The second kappa shape index (κ2) is 6.33. The van der Waals surface area contributed by atoms with Crippen LogP contribution in [0.3, 0.4) is 0 Å². The van der Waals surface area contributed by atoms with Crippen LogP contribution in [0.2, 0.25) is 0 Å². The third-order valence-electron chi connectivity index (χ3n) is 5.72. The van der Waals surface area contributed by atoms with Crippen molar-refractivity contribution in [3.8, 4) is 0 Å². The lowest BCUT2D eigenvalue weighted by Gasteiger charge is -2.22. The number of carbonyl (C=O) groups excluding carboxylic acids is 1. The van der Waals surface area contributed by atoms with Gasteiger partial charge in [0.2, 0.25) is 5.91 Å². The van der Waals surface area contributed by atoms with Gasteiger partial charge in [0.15, 0.2) is 5.58 Å². The Bertz CT molecular complexity index is 987. The van der Waals surface area contributed by atoms with Crippen LogP contribution in [-0.4, -0.2) is 52.1 Å². The Morgan fingerprint density at radius 1 is 1.15 bits per heavy atom. The minimum atomic E-state index is 0.132. The SMILES string of the molecule is Cc1cc(N2CC3CN(C(=O)Cc4noc5ccccc45)CC3C2)ncn1. The number of anilines is 1. The number of carbonyl (C=O) groups is 1. The molecule has 1 aromatic carbocycles. The Morgan fingerprint density at radius 2 is 1.93 bits per heavy atom. The number of amides is 1. The highest BCUT2D eigenvalue weighted by molar-refractivity contribution is 5.86. The van der Waals surface area contributed by atoms with Gasteiger partial charge < -0.3 is 14.3 Å². The van der Waals surface area contributed by atoms with Crippen LogP contribution >= 0.6 is 0 Å². The summed E-state index contributed by atoms with van der Waals surface area (Å²) in [4.78, 5) is 25.7. The van der Waals surface area contributed by atoms with Gasteiger partial charge >= 0.3 is 0 Å². The highest BCUT2D eigenvalue weighted by atomic mass is 16.5. The lowest BCUT2D eigenvalue weighted by molar-refractivity contribution is -0.129. The molecule has 0 saturated carbocycles. The second-order valence-electron chi connectivity index (χ2n) is 7.54. The van der Waals surface area contributed by atoms with Crippen molar-refractivity contribution in [1.82, 2.24) is 20.0 Å². The van der Waals surface area contributed by atoms with E-state index < -0.39 is 0 Å². The molecule has 0 radical (unpaired) electrons. The fourth-order valence-corrected chi connectivity index (χ4v) is 4.32. The van der Waals surface area contributed by atoms with Crippen LogP contribution in [0.25, 0.3) is 11.0 Å². The number of nitrogens with zero attached hydrogens (tertiary/aromatic N) is 5. The van der Waals surface area contributed by atoms with Gasteiger partial charge in [-0.2, -0.15) is 0 Å². The molecular formula is C20H21N5O2. The van der Waals surface area contributed by atoms with Gasteiger partial charge in [-0.05, 0) is 19.1 Å². The van der Waals surface area contributed by atoms with Crippen molar-refractivity contribution in [3.63, 3.8) is 0 Å². The van der Waals surface area contributed by atoms with Crippen molar-refractivity contribution in [3.05, 3.63) is 48.0 Å². The number of rotatable bonds is 3. The van der Waals surface area contributed by atoms with E-state index in [2.05, 4.69) is 20.0 Å². The highest BCUT2D eigenvalue weighted by Gasteiger charge is 2.42. The summed E-state index contributed by atoms with van der Waals surface area (Å²) in [5.41, 5.74) is 2.44. The zero-order valence-electron chi connectivity index (χ0n) is 15.2. The van der Waals surface area contributed by atoms with Crippen LogP contribution in [0.5, 0.6) is 0 Å². The summed E-state index contributed by atoms with van der Waals surface area (Å²) >= 11 is 0. The topological polar surface area (TPSA) is 75.4 Å². The first-order chi connectivity index (χ1) is 13.2. The molecule has 7 heteroatoms. The lowest BCUT2D eigenvalue weighted by atomic mass is 10.0. The number of aromatic nitrogens is 3. The van der Waals surface area contributed by atoms with E-state index >= 15 is 0 Å². The van der Waals surface area contributed by atoms with Crippen LogP contribution < -0.4 is 4.90 Å². The molecule has 2 aromatic heterocycles. The van der Waals surface area contributed by atoms with Crippen molar-refractivity contribution in [1.29, 1.82) is 0 Å². The Hall–Kier alpha value is -2.96. The molecule has 27 heavy (non-hydrogen) atoms. The first kappa shape index (κ1) is 16.2. The maximum absolute atomic E-state index is 12.8. The highest BCUT2D eigenvalue weighted by Crippen LogP contribution is 2.33. The molecule has 2 aliphatic rings. The Morgan fingerprint density at radius 3 is 2.70 bits per heavy atom. The van der Waals surface area contributed by atoms with Gasteiger partial charge in [-0.1, -0.05) is 17.3 Å². The molecule has 0 aliphatic carbocycles. The second-order valence-corrected chi connectivity index (χ2v) is 7.54. The van der Waals surface area contributed by atoms with Gasteiger partial charge in [0.25, 0.3) is 0 Å². The predicted octanol–water partition coefficient (Wildman–Crippen LogP) is 2.06. The van der Waals surface area contributed by atoms with Crippen LogP contribution in [-0.2, 0) is 11.2 Å². The third-order valence-corrected chi connectivity index (χ3v) is 5.72. The minimum absolute atomic E-state index is 0.132. The quantitative estimate of drug-likeness (QED) is 0.709. The first-order valence-electron chi connectivity index (χ1n) is 9.32. The fourth-order valence-electron chi connectivity index (χ4n) is 4.32. The van der Waals surface area contributed by atoms with Gasteiger partial charge in [0.1, 0.15) is 17.8 Å². The summed E-state index contributed by atoms with van der Waals surface area (Å²) in [5.74, 6) is 2.12. The summed E-state index contributed by atoms with van der Waals surface area (Å²) in [5, 5.41) is 5.02. The number of para-hydroxylation sites is 1. The average molecular weight is 363 g/mol. The van der Waals surface area contributed by atoms with Crippen molar-refractivity contribution in [2.45, 2.75) is 13.3 Å². The molecule has 0 bridgehead atoms. The monoisotopic (exact) mass is 363 g/mol.